The Labute approximate surface area is 84.7 Å². The lowest BCUT2D eigenvalue weighted by Gasteiger charge is -2.16. The molecule has 0 aliphatic heterocycles. The minimum Gasteiger partial charge on any atom is -0.391 e. The predicted octanol–water partition coefficient (Wildman–Crippen LogP) is 1.89. The van der Waals surface area contributed by atoms with Gasteiger partial charge in [0.15, 0.2) is 0 Å². The lowest BCUT2D eigenvalue weighted by atomic mass is 10.2. The molecule has 0 saturated heterocycles. The van der Waals surface area contributed by atoms with E-state index in [2.05, 4.69) is 18.9 Å². The SMILES string of the molecule is Cc1nn([C@H]2CCC[C@@H]2O)c(C)c1C. The van der Waals surface area contributed by atoms with Crippen molar-refractivity contribution in [1.29, 1.82) is 0 Å². The summed E-state index contributed by atoms with van der Waals surface area (Å²) >= 11 is 0. The molecule has 1 N–H and O–H groups in total. The number of aryl methyl sites for hydroxylation is 1. The van der Waals surface area contributed by atoms with Crippen LogP contribution in [0.4, 0.5) is 0 Å². The van der Waals surface area contributed by atoms with E-state index in [1.165, 1.54) is 11.3 Å². The Morgan fingerprint density at radius 1 is 1.29 bits per heavy atom. The van der Waals surface area contributed by atoms with Gasteiger partial charge in [0.1, 0.15) is 0 Å². The molecular weight excluding hydrogens is 176 g/mol. The van der Waals surface area contributed by atoms with Crippen LogP contribution in [0.5, 0.6) is 0 Å². The molecule has 1 aromatic heterocycles. The molecule has 2 atom stereocenters. The van der Waals surface area contributed by atoms with Crippen molar-refractivity contribution in [3.8, 4) is 0 Å². The molecule has 0 spiro atoms. The summed E-state index contributed by atoms with van der Waals surface area (Å²) in [6.07, 6.45) is 2.89. The number of rotatable bonds is 1. The van der Waals surface area contributed by atoms with Gasteiger partial charge in [0.2, 0.25) is 0 Å². The van der Waals surface area contributed by atoms with Gasteiger partial charge in [-0.3, -0.25) is 4.68 Å². The second-order valence-electron chi connectivity index (χ2n) is 4.31. The van der Waals surface area contributed by atoms with Gasteiger partial charge in [0.05, 0.1) is 17.8 Å². The van der Waals surface area contributed by atoms with E-state index < -0.39 is 0 Å². The zero-order valence-corrected chi connectivity index (χ0v) is 9.12. The molecule has 1 aromatic rings. The Kier molecular flexibility index (Phi) is 2.35. The van der Waals surface area contributed by atoms with Crippen molar-refractivity contribution < 1.29 is 5.11 Å². The van der Waals surface area contributed by atoms with Crippen molar-refractivity contribution in [3.63, 3.8) is 0 Å². The molecule has 1 aliphatic rings. The van der Waals surface area contributed by atoms with Crippen LogP contribution in [0.15, 0.2) is 0 Å². The molecule has 1 aliphatic carbocycles. The van der Waals surface area contributed by atoms with Gasteiger partial charge in [-0.05, 0) is 45.6 Å². The summed E-state index contributed by atoms with van der Waals surface area (Å²) in [4.78, 5) is 0. The summed E-state index contributed by atoms with van der Waals surface area (Å²) in [6.45, 7) is 6.20. The van der Waals surface area contributed by atoms with Gasteiger partial charge in [0, 0.05) is 5.69 Å². The van der Waals surface area contributed by atoms with E-state index in [4.69, 9.17) is 0 Å². The van der Waals surface area contributed by atoms with E-state index in [1.54, 1.807) is 0 Å². The summed E-state index contributed by atoms with van der Waals surface area (Å²) in [7, 11) is 0. The van der Waals surface area contributed by atoms with E-state index in [0.29, 0.717) is 0 Å². The van der Waals surface area contributed by atoms with E-state index in [9.17, 15) is 5.11 Å². The molecule has 0 unspecified atom stereocenters. The van der Waals surface area contributed by atoms with Gasteiger partial charge in [-0.15, -0.1) is 0 Å². The smallest absolute Gasteiger partial charge is 0.0781 e. The highest BCUT2D eigenvalue weighted by Crippen LogP contribution is 2.31. The van der Waals surface area contributed by atoms with Crippen molar-refractivity contribution in [3.05, 3.63) is 17.0 Å². The van der Waals surface area contributed by atoms with Crippen LogP contribution in [0.2, 0.25) is 0 Å². The largest absolute Gasteiger partial charge is 0.391 e. The molecule has 14 heavy (non-hydrogen) atoms. The normalized spacial score (nSPS) is 27.1. The van der Waals surface area contributed by atoms with Crippen molar-refractivity contribution in [2.75, 3.05) is 0 Å². The van der Waals surface area contributed by atoms with Crippen LogP contribution in [-0.4, -0.2) is 21.0 Å². The van der Waals surface area contributed by atoms with Crippen LogP contribution in [0.25, 0.3) is 0 Å². The first-order valence-electron chi connectivity index (χ1n) is 5.31. The molecule has 0 radical (unpaired) electrons. The van der Waals surface area contributed by atoms with Gasteiger partial charge in [0.25, 0.3) is 0 Å². The Bertz CT molecular complexity index is 343. The average molecular weight is 194 g/mol. The van der Waals surface area contributed by atoms with Crippen LogP contribution in [0.1, 0.15) is 42.3 Å². The number of aliphatic hydroxyl groups excluding tert-OH is 1. The highest BCUT2D eigenvalue weighted by atomic mass is 16.3. The third kappa shape index (κ3) is 1.36. The fourth-order valence-corrected chi connectivity index (χ4v) is 2.27. The fraction of sp³-hybridized carbons (Fsp3) is 0.727. The Hall–Kier alpha value is -0.830. The van der Waals surface area contributed by atoms with Gasteiger partial charge in [-0.25, -0.2) is 0 Å². The molecule has 0 aromatic carbocycles. The van der Waals surface area contributed by atoms with Gasteiger partial charge < -0.3 is 5.11 Å². The predicted molar refractivity (Wildman–Crippen MR) is 55.3 cm³/mol. The Balaban J connectivity index is 2.36. The molecule has 2 rings (SSSR count). The standard InChI is InChI=1S/C11H18N2O/c1-7-8(2)12-13(9(7)3)10-5-4-6-11(10)14/h10-11,14H,4-6H2,1-3H3/t10-,11-/m0/s1. The quantitative estimate of drug-likeness (QED) is 0.741. The Morgan fingerprint density at radius 3 is 2.43 bits per heavy atom. The minimum atomic E-state index is -0.201. The summed E-state index contributed by atoms with van der Waals surface area (Å²) in [5.41, 5.74) is 3.54. The molecule has 1 heterocycles. The first-order valence-corrected chi connectivity index (χ1v) is 5.31. The summed E-state index contributed by atoms with van der Waals surface area (Å²) in [5.74, 6) is 0. The van der Waals surface area contributed by atoms with E-state index in [1.807, 2.05) is 11.6 Å². The minimum absolute atomic E-state index is 0.201. The summed E-state index contributed by atoms with van der Waals surface area (Å²) in [6, 6.07) is 0.211. The topological polar surface area (TPSA) is 38.0 Å². The van der Waals surface area contributed by atoms with Crippen molar-refractivity contribution in [2.45, 2.75) is 52.2 Å². The molecule has 0 amide bonds. The van der Waals surface area contributed by atoms with Gasteiger partial charge in [-0.2, -0.15) is 5.10 Å². The van der Waals surface area contributed by atoms with Crippen LogP contribution in [0.3, 0.4) is 0 Å². The molecule has 78 valence electrons. The van der Waals surface area contributed by atoms with Crippen LogP contribution >= 0.6 is 0 Å². The third-order valence-electron chi connectivity index (χ3n) is 3.44. The molecule has 3 heteroatoms. The number of aromatic nitrogens is 2. The second-order valence-corrected chi connectivity index (χ2v) is 4.31. The fourth-order valence-electron chi connectivity index (χ4n) is 2.27. The maximum absolute atomic E-state index is 9.81. The average Bonchev–Trinajstić information content (AvgIpc) is 2.66. The maximum atomic E-state index is 9.81. The third-order valence-corrected chi connectivity index (χ3v) is 3.44. The molecule has 1 saturated carbocycles. The zero-order chi connectivity index (χ0) is 10.3. The van der Waals surface area contributed by atoms with Crippen LogP contribution in [0, 0.1) is 20.8 Å². The highest BCUT2D eigenvalue weighted by Gasteiger charge is 2.28. The first kappa shape index (κ1) is 9.71. The second kappa shape index (κ2) is 3.39. The van der Waals surface area contributed by atoms with Crippen LogP contribution < -0.4 is 0 Å². The molecule has 1 fully saturated rings. The highest BCUT2D eigenvalue weighted by molar-refractivity contribution is 5.23. The van der Waals surface area contributed by atoms with Gasteiger partial charge >= 0.3 is 0 Å². The lowest BCUT2D eigenvalue weighted by molar-refractivity contribution is 0.129. The monoisotopic (exact) mass is 194 g/mol. The molecule has 0 bridgehead atoms. The Morgan fingerprint density at radius 2 is 2.00 bits per heavy atom. The van der Waals surface area contributed by atoms with E-state index in [0.717, 1.165) is 25.0 Å². The van der Waals surface area contributed by atoms with Gasteiger partial charge in [-0.1, -0.05) is 0 Å². The number of hydrogen-bond acceptors (Lipinski definition) is 2. The van der Waals surface area contributed by atoms with Crippen molar-refractivity contribution in [1.82, 2.24) is 9.78 Å². The van der Waals surface area contributed by atoms with Crippen molar-refractivity contribution in [2.24, 2.45) is 0 Å². The first-order chi connectivity index (χ1) is 6.61. The summed E-state index contributed by atoms with van der Waals surface area (Å²) in [5, 5.41) is 14.3. The van der Waals surface area contributed by atoms with E-state index in [-0.39, 0.29) is 12.1 Å². The molecular formula is C11H18N2O. The zero-order valence-electron chi connectivity index (χ0n) is 9.12. The molecule has 3 nitrogen and oxygen atoms in total. The summed E-state index contributed by atoms with van der Waals surface area (Å²) < 4.78 is 2.02. The van der Waals surface area contributed by atoms with E-state index >= 15 is 0 Å². The number of aliphatic hydroxyl groups is 1. The number of hydrogen-bond donors (Lipinski definition) is 1. The lowest BCUT2D eigenvalue weighted by Crippen LogP contribution is -2.20. The van der Waals surface area contributed by atoms with Crippen LogP contribution in [-0.2, 0) is 0 Å². The number of nitrogens with zero attached hydrogens (tertiary/aromatic N) is 2. The van der Waals surface area contributed by atoms with Crippen molar-refractivity contribution >= 4 is 0 Å². The maximum Gasteiger partial charge on any atom is 0.0781 e.